The van der Waals surface area contributed by atoms with E-state index in [2.05, 4.69) is 36.2 Å². The summed E-state index contributed by atoms with van der Waals surface area (Å²) in [6.07, 6.45) is 7.26. The zero-order valence-corrected chi connectivity index (χ0v) is 21.4. The molecule has 2 amide bonds. The van der Waals surface area contributed by atoms with E-state index in [1.165, 1.54) is 11.1 Å². The number of benzene rings is 1. The largest absolute Gasteiger partial charge is 0.444 e. The van der Waals surface area contributed by atoms with Gasteiger partial charge in [0.05, 0.1) is 30.9 Å². The molecule has 192 valence electrons. The van der Waals surface area contributed by atoms with Crippen molar-refractivity contribution in [3.05, 3.63) is 42.0 Å². The Hall–Kier alpha value is -2.38. The van der Waals surface area contributed by atoms with Gasteiger partial charge in [-0.15, -0.1) is 0 Å². The number of ether oxygens (including phenoxy) is 3. The van der Waals surface area contributed by atoms with E-state index < -0.39 is 11.1 Å². The first kappa shape index (κ1) is 25.7. The fourth-order valence-corrected chi connectivity index (χ4v) is 5.80. The zero-order valence-electron chi connectivity index (χ0n) is 21.4. The molecule has 3 aliphatic rings. The van der Waals surface area contributed by atoms with Gasteiger partial charge < -0.3 is 24.4 Å². The second-order valence-electron chi connectivity index (χ2n) is 11.1. The van der Waals surface area contributed by atoms with Gasteiger partial charge >= 0.3 is 6.09 Å². The summed E-state index contributed by atoms with van der Waals surface area (Å²) in [5.41, 5.74) is 1.33. The molecule has 0 unspecified atom stereocenters. The van der Waals surface area contributed by atoms with Gasteiger partial charge in [0.15, 0.2) is 0 Å². The molecule has 0 radical (unpaired) electrons. The van der Waals surface area contributed by atoms with Crippen LogP contribution in [0.15, 0.2) is 30.8 Å². The minimum Gasteiger partial charge on any atom is -0.444 e. The maximum absolute atomic E-state index is 13.1. The van der Waals surface area contributed by atoms with Gasteiger partial charge in [-0.2, -0.15) is 0 Å². The molecule has 1 spiro atoms. The van der Waals surface area contributed by atoms with Gasteiger partial charge in [0.2, 0.25) is 5.91 Å². The number of hydrogen-bond donors (Lipinski definition) is 1. The van der Waals surface area contributed by atoms with E-state index >= 15 is 0 Å². The summed E-state index contributed by atoms with van der Waals surface area (Å²) in [6.45, 7) is 10.9. The van der Waals surface area contributed by atoms with Crippen LogP contribution < -0.4 is 5.32 Å². The standard InChI is InChI=1S/C28H40N2O5/c1-5-20-9-6-7-10-23(20)21-11-13-22(14-12-21)34-17-24-28(19-33-18-25(31)29-28)15-8-16-30(24)26(32)35-27(2,3)4/h5-7,9-10,21-22,24H,1,8,11-19H2,2-4H3,(H,29,31)/t21?,22?,24-,28+/m0/s1. The van der Waals surface area contributed by atoms with Crippen LogP contribution in [0.1, 0.15) is 76.3 Å². The molecular weight excluding hydrogens is 444 g/mol. The second kappa shape index (κ2) is 10.7. The lowest BCUT2D eigenvalue weighted by molar-refractivity contribution is -0.144. The highest BCUT2D eigenvalue weighted by atomic mass is 16.6. The first-order valence-corrected chi connectivity index (χ1v) is 12.9. The average molecular weight is 485 g/mol. The van der Waals surface area contributed by atoms with Crippen molar-refractivity contribution < 1.29 is 23.8 Å². The molecule has 1 aliphatic carbocycles. The lowest BCUT2D eigenvalue weighted by Gasteiger charge is -2.51. The summed E-state index contributed by atoms with van der Waals surface area (Å²) >= 11 is 0. The number of likely N-dealkylation sites (tertiary alicyclic amines) is 1. The number of nitrogens with zero attached hydrogens (tertiary/aromatic N) is 1. The van der Waals surface area contributed by atoms with Crippen molar-refractivity contribution in [2.75, 3.05) is 26.4 Å². The van der Waals surface area contributed by atoms with Crippen molar-refractivity contribution in [1.82, 2.24) is 10.2 Å². The van der Waals surface area contributed by atoms with Gasteiger partial charge in [0.1, 0.15) is 12.2 Å². The Morgan fingerprint density at radius 2 is 2.00 bits per heavy atom. The number of hydrogen-bond acceptors (Lipinski definition) is 5. The quantitative estimate of drug-likeness (QED) is 0.658. The summed E-state index contributed by atoms with van der Waals surface area (Å²) in [5, 5.41) is 3.16. The predicted octanol–water partition coefficient (Wildman–Crippen LogP) is 4.66. The fraction of sp³-hybridized carbons (Fsp3) is 0.643. The second-order valence-corrected chi connectivity index (χ2v) is 11.1. The lowest BCUT2D eigenvalue weighted by Crippen LogP contribution is -2.72. The lowest BCUT2D eigenvalue weighted by atomic mass is 9.80. The molecule has 2 atom stereocenters. The Morgan fingerprint density at radius 1 is 1.26 bits per heavy atom. The topological polar surface area (TPSA) is 77.1 Å². The van der Waals surface area contributed by atoms with E-state index in [0.717, 1.165) is 38.5 Å². The van der Waals surface area contributed by atoms with Crippen LogP contribution in [0.4, 0.5) is 4.79 Å². The van der Waals surface area contributed by atoms with Gasteiger partial charge in [-0.05, 0) is 76.3 Å². The van der Waals surface area contributed by atoms with Crippen LogP contribution >= 0.6 is 0 Å². The summed E-state index contributed by atoms with van der Waals surface area (Å²) in [5.74, 6) is 0.364. The van der Waals surface area contributed by atoms with Gasteiger partial charge in [-0.3, -0.25) is 4.79 Å². The molecular formula is C28H40N2O5. The van der Waals surface area contributed by atoms with Crippen LogP contribution in [-0.2, 0) is 19.0 Å². The SMILES string of the molecule is C=Cc1ccccc1C1CCC(OC[C@@H]2N(C(=O)OC(C)(C)C)CCC[C@@]23COCC(=O)N3)CC1. The molecule has 0 bridgehead atoms. The Bertz CT molecular complexity index is 914. The van der Waals surface area contributed by atoms with Crippen molar-refractivity contribution in [1.29, 1.82) is 0 Å². The highest BCUT2D eigenvalue weighted by Gasteiger charge is 2.50. The molecule has 2 heterocycles. The van der Waals surface area contributed by atoms with Crippen LogP contribution in [0.3, 0.4) is 0 Å². The van der Waals surface area contributed by atoms with Crippen molar-refractivity contribution in [2.24, 2.45) is 0 Å². The number of carbonyl (C=O) groups is 2. The first-order valence-electron chi connectivity index (χ1n) is 12.9. The smallest absolute Gasteiger partial charge is 0.410 e. The molecule has 1 saturated carbocycles. The predicted molar refractivity (Wildman–Crippen MR) is 135 cm³/mol. The number of nitrogens with one attached hydrogen (secondary N) is 1. The normalized spacial score (nSPS) is 29.5. The van der Waals surface area contributed by atoms with Crippen molar-refractivity contribution in [3.8, 4) is 0 Å². The highest BCUT2D eigenvalue weighted by molar-refractivity contribution is 5.79. The van der Waals surface area contributed by atoms with Crippen LogP contribution in [0.25, 0.3) is 6.08 Å². The molecule has 3 fully saturated rings. The summed E-state index contributed by atoms with van der Waals surface area (Å²) < 4.78 is 17.8. The van der Waals surface area contributed by atoms with E-state index in [-0.39, 0.29) is 30.8 Å². The van der Waals surface area contributed by atoms with Crippen molar-refractivity contribution >= 4 is 18.1 Å². The molecule has 7 heteroatoms. The van der Waals surface area contributed by atoms with E-state index in [4.69, 9.17) is 14.2 Å². The Kier molecular flexibility index (Phi) is 7.86. The third-order valence-corrected chi connectivity index (χ3v) is 7.46. The number of piperidine rings is 1. The van der Waals surface area contributed by atoms with E-state index in [1.807, 2.05) is 26.8 Å². The number of morpholine rings is 1. The maximum Gasteiger partial charge on any atom is 0.410 e. The van der Waals surface area contributed by atoms with E-state index in [1.54, 1.807) is 4.90 Å². The Labute approximate surface area is 209 Å². The maximum atomic E-state index is 13.1. The van der Waals surface area contributed by atoms with Gasteiger partial charge in [-0.1, -0.05) is 36.9 Å². The third-order valence-electron chi connectivity index (χ3n) is 7.46. The molecule has 1 aromatic carbocycles. The fourth-order valence-electron chi connectivity index (χ4n) is 5.80. The zero-order chi connectivity index (χ0) is 25.1. The molecule has 2 saturated heterocycles. The van der Waals surface area contributed by atoms with Gasteiger partial charge in [0.25, 0.3) is 0 Å². The highest BCUT2D eigenvalue weighted by Crippen LogP contribution is 2.37. The summed E-state index contributed by atoms with van der Waals surface area (Å²) in [4.78, 5) is 27.2. The first-order chi connectivity index (χ1) is 16.7. The molecule has 1 N–H and O–H groups in total. The molecule has 2 aliphatic heterocycles. The number of carbonyl (C=O) groups excluding carboxylic acids is 2. The third kappa shape index (κ3) is 6.07. The number of amides is 2. The molecule has 0 aromatic heterocycles. The molecule has 1 aromatic rings. The minimum atomic E-state index is -0.648. The Balaban J connectivity index is 1.43. The van der Waals surface area contributed by atoms with Crippen molar-refractivity contribution in [3.63, 3.8) is 0 Å². The van der Waals surface area contributed by atoms with Crippen LogP contribution in [0, 0.1) is 0 Å². The van der Waals surface area contributed by atoms with Crippen molar-refractivity contribution in [2.45, 2.75) is 88.5 Å². The van der Waals surface area contributed by atoms with Crippen LogP contribution in [0.5, 0.6) is 0 Å². The van der Waals surface area contributed by atoms with Crippen LogP contribution in [-0.4, -0.2) is 66.6 Å². The molecule has 4 rings (SSSR count). The van der Waals surface area contributed by atoms with Gasteiger partial charge in [-0.25, -0.2) is 4.79 Å². The average Bonchev–Trinajstić information content (AvgIpc) is 2.82. The van der Waals surface area contributed by atoms with Crippen LogP contribution in [0.2, 0.25) is 0 Å². The number of rotatable bonds is 5. The van der Waals surface area contributed by atoms with E-state index in [0.29, 0.717) is 25.7 Å². The minimum absolute atomic E-state index is 0.0535. The molecule has 35 heavy (non-hydrogen) atoms. The monoisotopic (exact) mass is 484 g/mol. The summed E-state index contributed by atoms with van der Waals surface area (Å²) in [6, 6.07) is 8.14. The Morgan fingerprint density at radius 3 is 2.69 bits per heavy atom. The van der Waals surface area contributed by atoms with Gasteiger partial charge in [0, 0.05) is 6.54 Å². The molecule has 7 nitrogen and oxygen atoms in total. The van der Waals surface area contributed by atoms with E-state index in [9.17, 15) is 9.59 Å². The summed E-state index contributed by atoms with van der Waals surface area (Å²) in [7, 11) is 0.